The number of phenolic OH excluding ortho intramolecular Hbond substituents is 1. The van der Waals surface area contributed by atoms with Gasteiger partial charge in [-0.2, -0.15) is 0 Å². The maximum Gasteiger partial charge on any atom is 0.306 e. The van der Waals surface area contributed by atoms with Gasteiger partial charge in [0.25, 0.3) is 5.91 Å². The molecule has 1 aliphatic heterocycles. The molecule has 0 unspecified atom stereocenters. The quantitative estimate of drug-likeness (QED) is 0.898. The lowest BCUT2D eigenvalue weighted by Crippen LogP contribution is -2.33. The van der Waals surface area contributed by atoms with E-state index in [4.69, 9.17) is 5.11 Å². The Morgan fingerprint density at radius 1 is 1.27 bits per heavy atom. The lowest BCUT2D eigenvalue weighted by Gasteiger charge is -2.29. The standard InChI is InChI=1S/C16H18FNO4/c17-14-12(19)6-5-11-8-18(15(20)13(11)14)7-9-1-3-10(4-2-9)16(21)22/h5-6,9-10,19H,1-4,7-8H2,(H,21,22)/t9-,10-. The van der Waals surface area contributed by atoms with Crippen molar-refractivity contribution < 1.29 is 24.2 Å². The maximum atomic E-state index is 13.9. The second-order valence-electron chi connectivity index (χ2n) is 6.17. The van der Waals surface area contributed by atoms with Gasteiger partial charge in [-0.15, -0.1) is 0 Å². The molecule has 5 nitrogen and oxygen atoms in total. The van der Waals surface area contributed by atoms with E-state index in [2.05, 4.69) is 0 Å². The molecule has 3 rings (SSSR count). The molecule has 0 atom stereocenters. The van der Waals surface area contributed by atoms with Gasteiger partial charge in [0.2, 0.25) is 0 Å². The monoisotopic (exact) mass is 307 g/mol. The highest BCUT2D eigenvalue weighted by Gasteiger charge is 2.34. The zero-order valence-electron chi connectivity index (χ0n) is 12.1. The number of hydrogen-bond acceptors (Lipinski definition) is 3. The number of phenols is 1. The van der Waals surface area contributed by atoms with Crippen molar-refractivity contribution in [2.75, 3.05) is 6.54 Å². The number of amides is 1. The van der Waals surface area contributed by atoms with Gasteiger partial charge in [-0.05, 0) is 43.2 Å². The summed E-state index contributed by atoms with van der Waals surface area (Å²) in [5.74, 6) is -2.51. The van der Waals surface area contributed by atoms with Gasteiger partial charge in [-0.25, -0.2) is 4.39 Å². The molecule has 6 heteroatoms. The van der Waals surface area contributed by atoms with Gasteiger partial charge in [0, 0.05) is 13.1 Å². The van der Waals surface area contributed by atoms with Crippen molar-refractivity contribution in [1.82, 2.24) is 4.90 Å². The molecular formula is C16H18FNO4. The molecule has 0 spiro atoms. The van der Waals surface area contributed by atoms with Crippen LogP contribution in [0.3, 0.4) is 0 Å². The van der Waals surface area contributed by atoms with Crippen LogP contribution in [0.25, 0.3) is 0 Å². The second kappa shape index (κ2) is 5.59. The molecule has 2 N–H and O–H groups in total. The zero-order chi connectivity index (χ0) is 15.9. The number of carbonyl (C=O) groups excluding carboxylic acids is 1. The van der Waals surface area contributed by atoms with E-state index in [-0.39, 0.29) is 23.3 Å². The average Bonchev–Trinajstić information content (AvgIpc) is 2.81. The van der Waals surface area contributed by atoms with Crippen molar-refractivity contribution in [2.24, 2.45) is 11.8 Å². The molecule has 1 amide bonds. The Bertz CT molecular complexity index is 623. The number of nitrogens with zero attached hydrogens (tertiary/aromatic N) is 1. The first-order valence-electron chi connectivity index (χ1n) is 7.49. The van der Waals surface area contributed by atoms with Gasteiger partial charge in [-0.3, -0.25) is 9.59 Å². The molecule has 0 radical (unpaired) electrons. The Hall–Kier alpha value is -2.11. The third kappa shape index (κ3) is 2.53. The number of carboxylic acids is 1. The molecule has 1 heterocycles. The van der Waals surface area contributed by atoms with Gasteiger partial charge in [0.15, 0.2) is 11.6 Å². The minimum absolute atomic E-state index is 0.0285. The van der Waals surface area contributed by atoms with E-state index in [1.165, 1.54) is 6.07 Å². The number of halogens is 1. The Balaban J connectivity index is 1.65. The number of rotatable bonds is 3. The van der Waals surface area contributed by atoms with E-state index < -0.39 is 17.5 Å². The molecule has 1 saturated carbocycles. The second-order valence-corrected chi connectivity index (χ2v) is 6.17. The number of fused-ring (bicyclic) bond motifs is 1. The van der Waals surface area contributed by atoms with Gasteiger partial charge in [0.05, 0.1) is 11.5 Å². The van der Waals surface area contributed by atoms with Crippen molar-refractivity contribution in [3.63, 3.8) is 0 Å². The Morgan fingerprint density at radius 3 is 2.59 bits per heavy atom. The van der Waals surface area contributed by atoms with E-state index in [1.54, 1.807) is 11.0 Å². The van der Waals surface area contributed by atoms with Crippen LogP contribution in [0.4, 0.5) is 4.39 Å². The molecule has 1 fully saturated rings. The fourth-order valence-electron chi connectivity index (χ4n) is 3.45. The summed E-state index contributed by atoms with van der Waals surface area (Å²) in [7, 11) is 0. The van der Waals surface area contributed by atoms with Gasteiger partial charge in [-0.1, -0.05) is 6.07 Å². The first-order valence-corrected chi connectivity index (χ1v) is 7.49. The average molecular weight is 307 g/mol. The Kier molecular flexibility index (Phi) is 3.76. The molecule has 2 aliphatic rings. The summed E-state index contributed by atoms with van der Waals surface area (Å²) in [6.07, 6.45) is 2.80. The molecule has 0 saturated heterocycles. The van der Waals surface area contributed by atoms with Crippen LogP contribution in [0.2, 0.25) is 0 Å². The first kappa shape index (κ1) is 14.8. The largest absolute Gasteiger partial charge is 0.505 e. The van der Waals surface area contributed by atoms with E-state index in [9.17, 15) is 19.1 Å². The molecule has 1 aliphatic carbocycles. The van der Waals surface area contributed by atoms with E-state index >= 15 is 0 Å². The molecule has 22 heavy (non-hydrogen) atoms. The van der Waals surface area contributed by atoms with Crippen molar-refractivity contribution in [2.45, 2.75) is 32.2 Å². The van der Waals surface area contributed by atoms with Gasteiger partial charge >= 0.3 is 5.97 Å². The normalized spacial score (nSPS) is 24.4. The van der Waals surface area contributed by atoms with E-state index in [0.717, 1.165) is 12.8 Å². The van der Waals surface area contributed by atoms with Crippen LogP contribution in [0.1, 0.15) is 41.6 Å². The van der Waals surface area contributed by atoms with E-state index in [0.29, 0.717) is 31.5 Å². The number of carboxylic acid groups (broad SMARTS) is 1. The summed E-state index contributed by atoms with van der Waals surface area (Å²) >= 11 is 0. The third-order valence-electron chi connectivity index (χ3n) is 4.74. The van der Waals surface area contributed by atoms with Gasteiger partial charge < -0.3 is 15.1 Å². The van der Waals surface area contributed by atoms with Crippen molar-refractivity contribution >= 4 is 11.9 Å². The molecule has 0 bridgehead atoms. The van der Waals surface area contributed by atoms with Gasteiger partial charge in [0.1, 0.15) is 0 Å². The van der Waals surface area contributed by atoms with Crippen molar-refractivity contribution in [3.8, 4) is 5.75 Å². The highest BCUT2D eigenvalue weighted by atomic mass is 19.1. The van der Waals surface area contributed by atoms with Crippen LogP contribution in [0.15, 0.2) is 12.1 Å². The van der Waals surface area contributed by atoms with Crippen molar-refractivity contribution in [1.29, 1.82) is 0 Å². The highest BCUT2D eigenvalue weighted by Crippen LogP contribution is 2.34. The molecule has 118 valence electrons. The number of aromatic hydroxyl groups is 1. The van der Waals surface area contributed by atoms with Crippen LogP contribution in [-0.4, -0.2) is 33.5 Å². The SMILES string of the molecule is O=C1c2c(ccc(O)c2F)CN1C[C@H]1CC[C@H](C(=O)O)CC1. The van der Waals surface area contributed by atoms with Crippen LogP contribution in [-0.2, 0) is 11.3 Å². The van der Waals surface area contributed by atoms with Crippen molar-refractivity contribution in [3.05, 3.63) is 29.1 Å². The summed E-state index contributed by atoms with van der Waals surface area (Å²) in [6, 6.07) is 2.84. The van der Waals surface area contributed by atoms with Crippen LogP contribution in [0, 0.1) is 17.7 Å². The van der Waals surface area contributed by atoms with Crippen LogP contribution >= 0.6 is 0 Å². The summed E-state index contributed by atoms with van der Waals surface area (Å²) in [4.78, 5) is 24.8. The summed E-state index contributed by atoms with van der Waals surface area (Å²) in [5.41, 5.74) is 0.568. The van der Waals surface area contributed by atoms with E-state index in [1.807, 2.05) is 0 Å². The lowest BCUT2D eigenvalue weighted by molar-refractivity contribution is -0.143. The predicted molar refractivity (Wildman–Crippen MR) is 75.9 cm³/mol. The number of benzene rings is 1. The molecule has 1 aromatic carbocycles. The first-order chi connectivity index (χ1) is 10.5. The number of hydrogen-bond donors (Lipinski definition) is 2. The summed E-state index contributed by atoms with van der Waals surface area (Å²) in [5, 5.41) is 18.4. The number of carbonyl (C=O) groups is 2. The predicted octanol–water partition coefficient (Wildman–Crippen LogP) is 2.38. The molecular weight excluding hydrogens is 289 g/mol. The summed E-state index contributed by atoms with van der Waals surface area (Å²) < 4.78 is 13.9. The highest BCUT2D eigenvalue weighted by molar-refractivity contribution is 5.99. The topological polar surface area (TPSA) is 77.8 Å². The minimum Gasteiger partial charge on any atom is -0.505 e. The van der Waals surface area contributed by atoms with Crippen LogP contribution in [0.5, 0.6) is 5.75 Å². The zero-order valence-corrected chi connectivity index (χ0v) is 12.1. The fraction of sp³-hybridized carbons (Fsp3) is 0.500. The molecule has 1 aromatic rings. The summed E-state index contributed by atoms with van der Waals surface area (Å²) in [6.45, 7) is 0.865. The Labute approximate surface area is 127 Å². The molecule has 0 aromatic heterocycles. The fourth-order valence-corrected chi connectivity index (χ4v) is 3.45. The number of aliphatic carboxylic acids is 1. The third-order valence-corrected chi connectivity index (χ3v) is 4.74. The smallest absolute Gasteiger partial charge is 0.306 e. The Morgan fingerprint density at radius 2 is 1.95 bits per heavy atom. The maximum absolute atomic E-state index is 13.9. The lowest BCUT2D eigenvalue weighted by atomic mass is 9.82. The van der Waals surface area contributed by atoms with Crippen LogP contribution < -0.4 is 0 Å². The minimum atomic E-state index is -0.848.